The largest absolute Gasteiger partial charge is 0.483 e. The monoisotopic (exact) mass is 427 g/mol. The van der Waals surface area contributed by atoms with Gasteiger partial charge in [0.1, 0.15) is 0 Å². The van der Waals surface area contributed by atoms with Gasteiger partial charge in [0, 0.05) is 37.8 Å². The van der Waals surface area contributed by atoms with Gasteiger partial charge in [0.05, 0.1) is 29.4 Å². The number of carbonyl (C=O) groups is 3. The van der Waals surface area contributed by atoms with Gasteiger partial charge in [-0.15, -0.1) is 0 Å². The molecule has 1 aromatic heterocycles. The molecule has 2 aromatic rings. The number of hydrogen-bond acceptors (Lipinski definition) is 6. The average Bonchev–Trinajstić information content (AvgIpc) is 3.30. The highest BCUT2D eigenvalue weighted by Crippen LogP contribution is 2.32. The lowest BCUT2D eigenvalue weighted by atomic mass is 10.1. The molecule has 1 atom stereocenters. The standard InChI is InChI=1S/C21H27N5O2.CH2O2/c1-2-25-13-10-23-21(28)18(25)14-19(27)24-16-7-8-17(26-11-3-4-12-26)20-15(16)6-5-9-22-20;2-1-3/h5-9,18H,2-4,10-14H2,1H3,(H,23,28)(H,24,27);1H,(H,2,3). The summed E-state index contributed by atoms with van der Waals surface area (Å²) in [5.41, 5.74) is 2.78. The molecule has 1 aromatic carbocycles. The zero-order chi connectivity index (χ0) is 22.2. The molecule has 0 spiro atoms. The fourth-order valence-electron chi connectivity index (χ4n) is 4.22. The van der Waals surface area contributed by atoms with Crippen LogP contribution in [-0.4, -0.2) is 72.0 Å². The fourth-order valence-corrected chi connectivity index (χ4v) is 4.22. The summed E-state index contributed by atoms with van der Waals surface area (Å²) in [5, 5.41) is 13.7. The molecule has 9 nitrogen and oxygen atoms in total. The Labute approximate surface area is 181 Å². The molecule has 166 valence electrons. The number of nitrogens with one attached hydrogen (secondary N) is 2. The molecule has 3 N–H and O–H groups in total. The van der Waals surface area contributed by atoms with Crippen molar-refractivity contribution < 1.29 is 19.5 Å². The Hall–Kier alpha value is -3.20. The normalized spacial score (nSPS) is 18.8. The van der Waals surface area contributed by atoms with Gasteiger partial charge in [-0.25, -0.2) is 0 Å². The molecule has 4 rings (SSSR count). The Kier molecular flexibility index (Phi) is 7.77. The molecule has 2 fully saturated rings. The molecule has 2 amide bonds. The molecule has 0 aliphatic carbocycles. The average molecular weight is 428 g/mol. The van der Waals surface area contributed by atoms with E-state index in [9.17, 15) is 9.59 Å². The van der Waals surface area contributed by atoms with Crippen LogP contribution in [0.1, 0.15) is 26.2 Å². The van der Waals surface area contributed by atoms with Crippen LogP contribution in [0.5, 0.6) is 0 Å². The van der Waals surface area contributed by atoms with Crippen LogP contribution < -0.4 is 15.5 Å². The van der Waals surface area contributed by atoms with Gasteiger partial charge in [0.15, 0.2) is 0 Å². The molecule has 31 heavy (non-hydrogen) atoms. The van der Waals surface area contributed by atoms with Crippen molar-refractivity contribution in [2.75, 3.05) is 42.9 Å². The molecule has 2 aliphatic heterocycles. The molecule has 2 saturated heterocycles. The number of pyridine rings is 1. The van der Waals surface area contributed by atoms with E-state index in [0.29, 0.717) is 6.54 Å². The fraction of sp³-hybridized carbons (Fsp3) is 0.455. The number of anilines is 2. The minimum Gasteiger partial charge on any atom is -0.483 e. The van der Waals surface area contributed by atoms with Crippen LogP contribution >= 0.6 is 0 Å². The van der Waals surface area contributed by atoms with Crippen molar-refractivity contribution in [1.82, 2.24) is 15.2 Å². The first kappa shape index (κ1) is 22.5. The van der Waals surface area contributed by atoms with Crippen LogP contribution in [0.4, 0.5) is 11.4 Å². The number of nitrogens with zero attached hydrogens (tertiary/aromatic N) is 3. The quantitative estimate of drug-likeness (QED) is 0.622. The van der Waals surface area contributed by atoms with E-state index in [0.717, 1.165) is 48.5 Å². The van der Waals surface area contributed by atoms with E-state index in [-0.39, 0.29) is 24.7 Å². The summed E-state index contributed by atoms with van der Waals surface area (Å²) in [5.74, 6) is -0.223. The van der Waals surface area contributed by atoms with Gasteiger partial charge in [0.25, 0.3) is 6.47 Å². The topological polar surface area (TPSA) is 115 Å². The molecule has 9 heteroatoms. The number of aromatic nitrogens is 1. The highest BCUT2D eigenvalue weighted by Gasteiger charge is 2.30. The first-order chi connectivity index (χ1) is 15.1. The number of carbonyl (C=O) groups excluding carboxylic acids is 2. The summed E-state index contributed by atoms with van der Waals surface area (Å²) in [4.78, 5) is 42.3. The van der Waals surface area contributed by atoms with Gasteiger partial charge >= 0.3 is 0 Å². The zero-order valence-corrected chi connectivity index (χ0v) is 17.7. The Bertz CT molecular complexity index is 929. The van der Waals surface area contributed by atoms with E-state index in [2.05, 4.69) is 25.4 Å². The zero-order valence-electron chi connectivity index (χ0n) is 17.7. The third-order valence-electron chi connectivity index (χ3n) is 5.70. The third-order valence-corrected chi connectivity index (χ3v) is 5.70. The van der Waals surface area contributed by atoms with Crippen molar-refractivity contribution >= 4 is 40.6 Å². The van der Waals surface area contributed by atoms with Crippen LogP contribution in [0.15, 0.2) is 30.5 Å². The van der Waals surface area contributed by atoms with E-state index in [1.165, 1.54) is 12.8 Å². The summed E-state index contributed by atoms with van der Waals surface area (Å²) < 4.78 is 0. The summed E-state index contributed by atoms with van der Waals surface area (Å²) >= 11 is 0. The van der Waals surface area contributed by atoms with Crippen molar-refractivity contribution in [2.45, 2.75) is 32.2 Å². The summed E-state index contributed by atoms with van der Waals surface area (Å²) in [6, 6.07) is 7.46. The van der Waals surface area contributed by atoms with Crippen molar-refractivity contribution in [1.29, 1.82) is 0 Å². The van der Waals surface area contributed by atoms with Gasteiger partial charge in [-0.2, -0.15) is 0 Å². The van der Waals surface area contributed by atoms with Gasteiger partial charge < -0.3 is 20.6 Å². The Morgan fingerprint density at radius 3 is 2.74 bits per heavy atom. The van der Waals surface area contributed by atoms with Gasteiger partial charge in [0.2, 0.25) is 11.8 Å². The lowest BCUT2D eigenvalue weighted by Crippen LogP contribution is -2.56. The number of likely N-dealkylation sites (N-methyl/N-ethyl adjacent to an activating group) is 1. The number of amides is 2. The molecular formula is C22H29N5O4. The smallest absolute Gasteiger partial charge is 0.290 e. The number of fused-ring (bicyclic) bond motifs is 1. The van der Waals surface area contributed by atoms with E-state index >= 15 is 0 Å². The van der Waals surface area contributed by atoms with Crippen LogP contribution in [0.2, 0.25) is 0 Å². The maximum Gasteiger partial charge on any atom is 0.290 e. The summed E-state index contributed by atoms with van der Waals surface area (Å²) in [6.45, 7) is 6.02. The lowest BCUT2D eigenvalue weighted by Gasteiger charge is -2.33. The molecule has 0 bridgehead atoms. The Morgan fingerprint density at radius 2 is 2.03 bits per heavy atom. The second-order valence-corrected chi connectivity index (χ2v) is 7.52. The third kappa shape index (κ3) is 5.29. The molecular weight excluding hydrogens is 398 g/mol. The van der Waals surface area contributed by atoms with Gasteiger partial charge in [-0.05, 0) is 43.7 Å². The predicted molar refractivity (Wildman–Crippen MR) is 119 cm³/mol. The molecule has 2 aliphatic rings. The second kappa shape index (κ2) is 10.7. The number of rotatable bonds is 5. The minimum atomic E-state index is -0.410. The van der Waals surface area contributed by atoms with Crippen molar-refractivity contribution in [3.63, 3.8) is 0 Å². The lowest BCUT2D eigenvalue weighted by molar-refractivity contribution is -0.132. The summed E-state index contributed by atoms with van der Waals surface area (Å²) in [7, 11) is 0. The van der Waals surface area contributed by atoms with E-state index in [1.807, 2.05) is 31.2 Å². The van der Waals surface area contributed by atoms with Crippen LogP contribution in [-0.2, 0) is 14.4 Å². The van der Waals surface area contributed by atoms with Gasteiger partial charge in [-0.3, -0.25) is 24.3 Å². The first-order valence-corrected chi connectivity index (χ1v) is 10.6. The van der Waals surface area contributed by atoms with Crippen LogP contribution in [0, 0.1) is 0 Å². The highest BCUT2D eigenvalue weighted by atomic mass is 16.3. The maximum absolute atomic E-state index is 12.7. The predicted octanol–water partition coefficient (Wildman–Crippen LogP) is 1.68. The first-order valence-electron chi connectivity index (χ1n) is 10.6. The number of carboxylic acid groups (broad SMARTS) is 1. The number of benzene rings is 1. The Balaban J connectivity index is 0.000000858. The number of piperazine rings is 1. The second-order valence-electron chi connectivity index (χ2n) is 7.52. The van der Waals surface area contributed by atoms with Crippen LogP contribution in [0.25, 0.3) is 10.9 Å². The Morgan fingerprint density at radius 1 is 1.29 bits per heavy atom. The van der Waals surface area contributed by atoms with Crippen molar-refractivity contribution in [3.8, 4) is 0 Å². The molecule has 1 unspecified atom stereocenters. The van der Waals surface area contributed by atoms with E-state index in [4.69, 9.17) is 9.90 Å². The molecule has 0 saturated carbocycles. The maximum atomic E-state index is 12.7. The summed E-state index contributed by atoms with van der Waals surface area (Å²) in [6.07, 6.45) is 4.34. The number of hydrogen-bond donors (Lipinski definition) is 3. The highest BCUT2D eigenvalue weighted by molar-refractivity contribution is 6.06. The molecule has 3 heterocycles. The van der Waals surface area contributed by atoms with E-state index < -0.39 is 6.04 Å². The SMILES string of the molecule is CCN1CCNC(=O)C1CC(=O)Nc1ccc(N2CCCC2)c2ncccc12.O=CO. The van der Waals surface area contributed by atoms with Crippen molar-refractivity contribution in [3.05, 3.63) is 30.5 Å². The van der Waals surface area contributed by atoms with E-state index in [1.54, 1.807) is 6.20 Å². The van der Waals surface area contributed by atoms with Crippen molar-refractivity contribution in [2.24, 2.45) is 0 Å². The van der Waals surface area contributed by atoms with Gasteiger partial charge in [-0.1, -0.05) is 6.92 Å². The minimum absolute atomic E-state index is 0.0702. The molecule has 0 radical (unpaired) electrons. The van der Waals surface area contributed by atoms with Crippen LogP contribution in [0.3, 0.4) is 0 Å².